The van der Waals surface area contributed by atoms with Crippen molar-refractivity contribution in [3.63, 3.8) is 0 Å². The van der Waals surface area contributed by atoms with Crippen LogP contribution in [0.3, 0.4) is 0 Å². The zero-order valence-electron chi connectivity index (χ0n) is 27.0. The van der Waals surface area contributed by atoms with Gasteiger partial charge in [-0.25, -0.2) is 0 Å². The Balaban J connectivity index is 0.000000219. The Morgan fingerprint density at radius 3 is 0.979 bits per heavy atom. The van der Waals surface area contributed by atoms with Crippen LogP contribution in [0.1, 0.15) is 7.43 Å². The molecule has 6 nitrogen and oxygen atoms in total. The lowest BCUT2D eigenvalue weighted by atomic mass is 10.2. The van der Waals surface area contributed by atoms with E-state index in [0.717, 1.165) is 51.4 Å². The van der Waals surface area contributed by atoms with Gasteiger partial charge in [-0.1, -0.05) is 43.8 Å². The van der Waals surface area contributed by atoms with Crippen LogP contribution in [0.5, 0.6) is 23.0 Å². The first kappa shape index (κ1) is 37.3. The van der Waals surface area contributed by atoms with Crippen molar-refractivity contribution in [2.24, 2.45) is 0 Å². The van der Waals surface area contributed by atoms with Gasteiger partial charge in [0.05, 0.1) is 28.4 Å². The zero-order valence-corrected chi connectivity index (χ0v) is 29.1. The van der Waals surface area contributed by atoms with E-state index in [1.807, 2.05) is 109 Å². The van der Waals surface area contributed by atoms with Gasteiger partial charge >= 0.3 is 0 Å². The summed E-state index contributed by atoms with van der Waals surface area (Å²) in [6, 6.07) is 52.2. The highest BCUT2D eigenvalue weighted by atomic mass is 127. The van der Waals surface area contributed by atoms with Crippen LogP contribution in [0.4, 0.5) is 28.4 Å². The first-order valence-electron chi connectivity index (χ1n) is 14.9. The van der Waals surface area contributed by atoms with Gasteiger partial charge < -0.3 is 29.2 Å². The highest BCUT2D eigenvalue weighted by Crippen LogP contribution is 2.35. The molecular weight excluding hydrogens is 711 g/mol. The molecular formula is C41H43IN2O4. The number of halogens is 1. The second-order valence-corrected chi connectivity index (χ2v) is 11.2. The van der Waals surface area contributed by atoms with Crippen molar-refractivity contribution in [3.05, 3.63) is 161 Å². The average Bonchev–Trinajstić information content (AvgIpc) is 3.14. The molecule has 0 radical (unpaired) electrons. The minimum absolute atomic E-state index is 0. The van der Waals surface area contributed by atoms with Crippen LogP contribution in [-0.4, -0.2) is 28.4 Å². The molecule has 0 aliphatic rings. The number of nitrogens with zero attached hydrogens (tertiary/aromatic N) is 1. The summed E-state index contributed by atoms with van der Waals surface area (Å²) < 4.78 is 22.0. The highest BCUT2D eigenvalue weighted by Gasteiger charge is 2.12. The van der Waals surface area contributed by atoms with Crippen LogP contribution >= 0.6 is 22.6 Å². The van der Waals surface area contributed by atoms with E-state index in [1.165, 1.54) is 3.57 Å². The molecule has 0 spiro atoms. The predicted molar refractivity (Wildman–Crippen MR) is 209 cm³/mol. The Bertz CT molecular complexity index is 1620. The maximum Gasteiger partial charge on any atom is 0.119 e. The normalized spacial score (nSPS) is 9.60. The van der Waals surface area contributed by atoms with Gasteiger partial charge in [0.15, 0.2) is 0 Å². The first-order chi connectivity index (χ1) is 23.0. The van der Waals surface area contributed by atoms with Gasteiger partial charge in [-0.3, -0.25) is 0 Å². The second kappa shape index (κ2) is 20.2. The van der Waals surface area contributed by atoms with Gasteiger partial charge in [-0.15, -0.1) is 0 Å². The molecule has 48 heavy (non-hydrogen) atoms. The van der Waals surface area contributed by atoms with Gasteiger partial charge in [0, 0.05) is 32.0 Å². The lowest BCUT2D eigenvalue weighted by Gasteiger charge is -2.25. The van der Waals surface area contributed by atoms with E-state index in [2.05, 4.69) is 81.3 Å². The highest BCUT2D eigenvalue weighted by molar-refractivity contribution is 14.1. The summed E-state index contributed by atoms with van der Waals surface area (Å²) in [7, 11) is 6.67. The minimum atomic E-state index is 0. The number of methoxy groups -OCH3 is 4. The van der Waals surface area contributed by atoms with Crippen molar-refractivity contribution < 1.29 is 18.9 Å². The predicted octanol–water partition coefficient (Wildman–Crippen LogP) is 11.5. The van der Waals surface area contributed by atoms with Crippen LogP contribution in [0.25, 0.3) is 0 Å². The molecule has 0 saturated heterocycles. The lowest BCUT2D eigenvalue weighted by molar-refractivity contribution is 0.414. The number of hydrogen-bond acceptors (Lipinski definition) is 6. The number of rotatable bonds is 9. The van der Waals surface area contributed by atoms with Crippen LogP contribution in [0.15, 0.2) is 158 Å². The van der Waals surface area contributed by atoms with E-state index in [0.29, 0.717) is 0 Å². The molecule has 0 amide bonds. The van der Waals surface area contributed by atoms with Crippen molar-refractivity contribution in [2.45, 2.75) is 7.43 Å². The fourth-order valence-corrected chi connectivity index (χ4v) is 4.83. The van der Waals surface area contributed by atoms with Crippen LogP contribution < -0.4 is 29.2 Å². The third kappa shape index (κ3) is 11.6. The Kier molecular flexibility index (Phi) is 15.7. The average molecular weight is 755 g/mol. The van der Waals surface area contributed by atoms with Crippen molar-refractivity contribution in [2.75, 3.05) is 38.7 Å². The van der Waals surface area contributed by atoms with E-state index in [1.54, 1.807) is 28.4 Å². The molecule has 0 heterocycles. The Hall–Kier alpha value is -5.15. The molecule has 6 aromatic rings. The molecule has 0 aliphatic carbocycles. The van der Waals surface area contributed by atoms with E-state index in [4.69, 9.17) is 18.9 Å². The molecule has 0 saturated carbocycles. The summed E-state index contributed by atoms with van der Waals surface area (Å²) >= 11 is 2.28. The summed E-state index contributed by atoms with van der Waals surface area (Å²) in [6.45, 7) is 0. The number of nitrogens with one attached hydrogen (secondary N) is 1. The molecule has 6 rings (SSSR count). The zero-order chi connectivity index (χ0) is 33.3. The Labute approximate surface area is 299 Å². The first-order valence-corrected chi connectivity index (χ1v) is 16.0. The molecule has 0 aliphatic heterocycles. The molecule has 0 aromatic heterocycles. The van der Waals surface area contributed by atoms with E-state index in [9.17, 15) is 0 Å². The lowest BCUT2D eigenvalue weighted by Crippen LogP contribution is -2.09. The summed E-state index contributed by atoms with van der Waals surface area (Å²) in [6.07, 6.45) is 0. The Morgan fingerprint density at radius 1 is 0.396 bits per heavy atom. The summed E-state index contributed by atoms with van der Waals surface area (Å²) in [5.74, 6) is 3.39. The Morgan fingerprint density at radius 2 is 0.688 bits per heavy atom. The molecule has 1 N–H and O–H groups in total. The molecule has 6 aromatic carbocycles. The third-order valence-electron chi connectivity index (χ3n) is 6.88. The second-order valence-electron chi connectivity index (χ2n) is 9.94. The molecule has 248 valence electrons. The molecule has 7 heteroatoms. The SMILES string of the molecule is C.COc1ccc(N(c2ccccc2)c2ccc(OC)cc2)cc1.COc1ccc(Nc2ccc(OC)cc2)cc1.Ic1ccccc1. The number of para-hydroxylation sites is 1. The smallest absolute Gasteiger partial charge is 0.119 e. The fourth-order valence-electron chi connectivity index (χ4n) is 4.42. The van der Waals surface area contributed by atoms with E-state index in [-0.39, 0.29) is 7.43 Å². The molecule has 0 unspecified atom stereocenters. The maximum atomic E-state index is 5.26. The largest absolute Gasteiger partial charge is 0.497 e. The van der Waals surface area contributed by atoms with E-state index < -0.39 is 0 Å². The fraction of sp³-hybridized carbons (Fsp3) is 0.122. The number of benzene rings is 6. The standard InChI is InChI=1S/C20H19NO2.C14H15NO2.C6H5I.CH4/c1-22-19-12-8-17(9-13-19)21(16-6-4-3-5-7-16)18-10-14-20(23-2)15-11-18;1-16-13-7-3-11(4-8-13)15-12-5-9-14(17-2)10-6-12;7-6-4-2-1-3-5-6;/h3-15H,1-2H3;3-10,15H,1-2H3;1-5H;1H4. The molecule has 0 fully saturated rings. The van der Waals surface area contributed by atoms with Gasteiger partial charge in [0.25, 0.3) is 0 Å². The van der Waals surface area contributed by atoms with Gasteiger partial charge in [0.1, 0.15) is 23.0 Å². The van der Waals surface area contributed by atoms with Crippen molar-refractivity contribution in [3.8, 4) is 23.0 Å². The maximum absolute atomic E-state index is 5.26. The number of ether oxygens (including phenoxy) is 4. The van der Waals surface area contributed by atoms with Gasteiger partial charge in [0.2, 0.25) is 0 Å². The molecule has 0 bridgehead atoms. The van der Waals surface area contributed by atoms with Crippen LogP contribution in [0.2, 0.25) is 0 Å². The third-order valence-corrected chi connectivity index (χ3v) is 7.60. The number of anilines is 5. The number of hydrogen-bond donors (Lipinski definition) is 1. The molecule has 0 atom stereocenters. The topological polar surface area (TPSA) is 52.2 Å². The van der Waals surface area contributed by atoms with Crippen molar-refractivity contribution >= 4 is 51.0 Å². The summed E-state index contributed by atoms with van der Waals surface area (Å²) in [4.78, 5) is 2.19. The van der Waals surface area contributed by atoms with Gasteiger partial charge in [-0.2, -0.15) is 0 Å². The minimum Gasteiger partial charge on any atom is -0.497 e. The van der Waals surface area contributed by atoms with E-state index >= 15 is 0 Å². The van der Waals surface area contributed by atoms with Crippen LogP contribution in [-0.2, 0) is 0 Å². The summed E-state index contributed by atoms with van der Waals surface area (Å²) in [5.41, 5.74) is 5.29. The van der Waals surface area contributed by atoms with Crippen LogP contribution in [0, 0.1) is 3.57 Å². The summed E-state index contributed by atoms with van der Waals surface area (Å²) in [5, 5.41) is 3.30. The van der Waals surface area contributed by atoms with Gasteiger partial charge in [-0.05, 0) is 144 Å². The quantitative estimate of drug-likeness (QED) is 0.148. The van der Waals surface area contributed by atoms with Crippen molar-refractivity contribution in [1.82, 2.24) is 0 Å². The monoisotopic (exact) mass is 754 g/mol. The van der Waals surface area contributed by atoms with Crippen molar-refractivity contribution in [1.29, 1.82) is 0 Å².